The molecule has 0 spiro atoms. The standard InChI is InChI=1S/C25H23N3O3/c1-2-23-26-28(17-18-8-4-3-5-9-18)25(31)27(23)16-19-12-14-20(15-13-19)21-10-6-7-11-22(21)24(29)30/h3-15H,2,16-17H2,1H3,(H,29,30). The number of rotatable bonds is 7. The molecule has 6 nitrogen and oxygen atoms in total. The van der Waals surface area contributed by atoms with Crippen molar-refractivity contribution in [2.24, 2.45) is 0 Å². The Morgan fingerprint density at radius 2 is 1.52 bits per heavy atom. The summed E-state index contributed by atoms with van der Waals surface area (Å²) in [6.45, 7) is 2.83. The zero-order valence-electron chi connectivity index (χ0n) is 17.2. The minimum atomic E-state index is -0.954. The van der Waals surface area contributed by atoms with Gasteiger partial charge in [0.15, 0.2) is 0 Å². The SMILES string of the molecule is CCc1nn(Cc2ccccc2)c(=O)n1Cc1ccc(-c2ccccc2C(=O)O)cc1. The Bertz CT molecular complexity index is 1260. The molecule has 1 aromatic heterocycles. The van der Waals surface area contributed by atoms with Crippen LogP contribution in [0.25, 0.3) is 11.1 Å². The summed E-state index contributed by atoms with van der Waals surface area (Å²) < 4.78 is 3.20. The van der Waals surface area contributed by atoms with Crippen molar-refractivity contribution < 1.29 is 9.90 Å². The number of benzene rings is 3. The van der Waals surface area contributed by atoms with Crippen molar-refractivity contribution in [3.63, 3.8) is 0 Å². The van der Waals surface area contributed by atoms with Crippen molar-refractivity contribution in [3.05, 3.63) is 112 Å². The van der Waals surface area contributed by atoms with Gasteiger partial charge >= 0.3 is 11.7 Å². The van der Waals surface area contributed by atoms with E-state index in [2.05, 4.69) is 5.10 Å². The lowest BCUT2D eigenvalue weighted by Crippen LogP contribution is -2.26. The minimum Gasteiger partial charge on any atom is -0.478 e. The van der Waals surface area contributed by atoms with Gasteiger partial charge in [-0.2, -0.15) is 5.10 Å². The van der Waals surface area contributed by atoms with Gasteiger partial charge in [-0.05, 0) is 28.3 Å². The second kappa shape index (κ2) is 8.83. The number of aromatic nitrogens is 3. The number of carbonyl (C=O) groups is 1. The third-order valence-electron chi connectivity index (χ3n) is 5.25. The van der Waals surface area contributed by atoms with Crippen molar-refractivity contribution in [3.8, 4) is 11.1 Å². The zero-order valence-corrected chi connectivity index (χ0v) is 17.2. The lowest BCUT2D eigenvalue weighted by Gasteiger charge is -2.08. The molecule has 3 aromatic carbocycles. The number of hydrogen-bond acceptors (Lipinski definition) is 3. The molecule has 0 aliphatic heterocycles. The van der Waals surface area contributed by atoms with E-state index in [0.717, 1.165) is 22.5 Å². The first-order valence-electron chi connectivity index (χ1n) is 10.2. The predicted octanol–water partition coefficient (Wildman–Crippen LogP) is 4.07. The molecule has 1 N–H and O–H groups in total. The highest BCUT2D eigenvalue weighted by Crippen LogP contribution is 2.24. The number of aryl methyl sites for hydroxylation is 1. The van der Waals surface area contributed by atoms with Crippen LogP contribution in [0.2, 0.25) is 0 Å². The first-order chi connectivity index (χ1) is 15.1. The van der Waals surface area contributed by atoms with Gasteiger partial charge in [0.05, 0.1) is 18.7 Å². The molecule has 0 radical (unpaired) electrons. The summed E-state index contributed by atoms with van der Waals surface area (Å²) in [5, 5.41) is 13.9. The Morgan fingerprint density at radius 1 is 0.871 bits per heavy atom. The van der Waals surface area contributed by atoms with Gasteiger partial charge in [0.25, 0.3) is 0 Å². The molecule has 0 saturated carbocycles. The summed E-state index contributed by atoms with van der Waals surface area (Å²) in [7, 11) is 0. The first-order valence-corrected chi connectivity index (χ1v) is 10.2. The summed E-state index contributed by atoms with van der Waals surface area (Å²) in [6.07, 6.45) is 0.654. The van der Waals surface area contributed by atoms with E-state index in [0.29, 0.717) is 25.1 Å². The second-order valence-corrected chi connectivity index (χ2v) is 7.33. The monoisotopic (exact) mass is 413 g/mol. The molecule has 1 heterocycles. The van der Waals surface area contributed by atoms with E-state index in [1.54, 1.807) is 22.8 Å². The molecular weight excluding hydrogens is 390 g/mol. The molecule has 0 fully saturated rings. The zero-order chi connectivity index (χ0) is 21.8. The fraction of sp³-hybridized carbons (Fsp3) is 0.160. The van der Waals surface area contributed by atoms with Crippen LogP contribution in [0.5, 0.6) is 0 Å². The molecule has 31 heavy (non-hydrogen) atoms. The molecule has 4 aromatic rings. The Kier molecular flexibility index (Phi) is 5.80. The summed E-state index contributed by atoms with van der Waals surface area (Å²) in [4.78, 5) is 24.5. The van der Waals surface area contributed by atoms with Gasteiger partial charge < -0.3 is 5.11 Å². The van der Waals surface area contributed by atoms with Crippen molar-refractivity contribution in [2.75, 3.05) is 0 Å². The number of carboxylic acid groups (broad SMARTS) is 1. The van der Waals surface area contributed by atoms with Crippen LogP contribution in [-0.4, -0.2) is 25.4 Å². The van der Waals surface area contributed by atoms with Gasteiger partial charge in [-0.3, -0.25) is 4.57 Å². The number of carboxylic acids is 1. The normalized spacial score (nSPS) is 10.9. The van der Waals surface area contributed by atoms with Crippen LogP contribution in [0.1, 0.15) is 34.2 Å². The molecule has 0 bridgehead atoms. The summed E-state index contributed by atoms with van der Waals surface area (Å²) in [5.41, 5.74) is 3.60. The van der Waals surface area contributed by atoms with Crippen molar-refractivity contribution in [2.45, 2.75) is 26.4 Å². The molecular formula is C25H23N3O3. The van der Waals surface area contributed by atoms with Gasteiger partial charge in [0.1, 0.15) is 5.82 Å². The highest BCUT2D eigenvalue weighted by molar-refractivity contribution is 5.95. The third-order valence-corrected chi connectivity index (χ3v) is 5.25. The number of nitrogens with zero attached hydrogens (tertiary/aromatic N) is 3. The number of hydrogen-bond donors (Lipinski definition) is 1. The molecule has 156 valence electrons. The molecule has 0 atom stereocenters. The second-order valence-electron chi connectivity index (χ2n) is 7.33. The summed E-state index contributed by atoms with van der Waals surface area (Å²) in [6, 6.07) is 24.4. The van der Waals surface area contributed by atoms with Crippen LogP contribution in [0.4, 0.5) is 0 Å². The van der Waals surface area contributed by atoms with Gasteiger partial charge in [-0.1, -0.05) is 79.7 Å². The smallest absolute Gasteiger partial charge is 0.346 e. The van der Waals surface area contributed by atoms with Crippen LogP contribution >= 0.6 is 0 Å². The maximum atomic E-state index is 13.0. The molecule has 0 aliphatic rings. The highest BCUT2D eigenvalue weighted by atomic mass is 16.4. The molecule has 4 rings (SSSR count). The summed E-state index contributed by atoms with van der Waals surface area (Å²) >= 11 is 0. The van der Waals surface area contributed by atoms with Gasteiger partial charge in [0.2, 0.25) is 0 Å². The summed E-state index contributed by atoms with van der Waals surface area (Å²) in [5.74, 6) is -0.217. The Hall–Kier alpha value is -3.93. The first kappa shape index (κ1) is 20.3. The Balaban J connectivity index is 1.60. The average Bonchev–Trinajstić information content (AvgIpc) is 3.09. The van der Waals surface area contributed by atoms with Gasteiger partial charge in [0, 0.05) is 6.42 Å². The largest absolute Gasteiger partial charge is 0.478 e. The number of aromatic carboxylic acids is 1. The Labute approximate surface area is 180 Å². The van der Waals surface area contributed by atoms with Crippen LogP contribution in [0, 0.1) is 0 Å². The van der Waals surface area contributed by atoms with Crippen molar-refractivity contribution in [1.29, 1.82) is 0 Å². The van der Waals surface area contributed by atoms with E-state index in [9.17, 15) is 14.7 Å². The van der Waals surface area contributed by atoms with E-state index in [4.69, 9.17) is 0 Å². The molecule has 0 saturated heterocycles. The van der Waals surface area contributed by atoms with Crippen LogP contribution in [0.15, 0.2) is 83.7 Å². The molecule has 0 aliphatic carbocycles. The van der Waals surface area contributed by atoms with E-state index in [-0.39, 0.29) is 11.3 Å². The maximum Gasteiger partial charge on any atom is 0.346 e. The van der Waals surface area contributed by atoms with E-state index >= 15 is 0 Å². The van der Waals surface area contributed by atoms with Crippen LogP contribution in [0.3, 0.4) is 0 Å². The Morgan fingerprint density at radius 3 is 2.19 bits per heavy atom. The lowest BCUT2D eigenvalue weighted by molar-refractivity contribution is 0.0697. The molecule has 0 amide bonds. The highest BCUT2D eigenvalue weighted by Gasteiger charge is 2.14. The van der Waals surface area contributed by atoms with Gasteiger partial charge in [-0.15, -0.1) is 0 Å². The van der Waals surface area contributed by atoms with Crippen molar-refractivity contribution >= 4 is 5.97 Å². The fourth-order valence-electron chi connectivity index (χ4n) is 3.66. The van der Waals surface area contributed by atoms with Crippen LogP contribution < -0.4 is 5.69 Å². The lowest BCUT2D eigenvalue weighted by atomic mass is 9.99. The average molecular weight is 413 g/mol. The van der Waals surface area contributed by atoms with Crippen LogP contribution in [-0.2, 0) is 19.5 Å². The van der Waals surface area contributed by atoms with E-state index < -0.39 is 5.97 Å². The van der Waals surface area contributed by atoms with Gasteiger partial charge in [-0.25, -0.2) is 14.3 Å². The topological polar surface area (TPSA) is 77.1 Å². The minimum absolute atomic E-state index is 0.138. The van der Waals surface area contributed by atoms with E-state index in [1.807, 2.05) is 67.6 Å². The fourth-order valence-corrected chi connectivity index (χ4v) is 3.66. The third kappa shape index (κ3) is 4.33. The quantitative estimate of drug-likeness (QED) is 0.495. The molecule has 6 heteroatoms. The van der Waals surface area contributed by atoms with Crippen molar-refractivity contribution in [1.82, 2.24) is 14.3 Å². The predicted molar refractivity (Wildman–Crippen MR) is 119 cm³/mol. The molecule has 0 unspecified atom stereocenters. The van der Waals surface area contributed by atoms with E-state index in [1.165, 1.54) is 4.68 Å². The maximum absolute atomic E-state index is 13.0.